The van der Waals surface area contributed by atoms with Crippen LogP contribution >= 0.6 is 15.9 Å². The molecular weight excluding hydrogens is 310 g/mol. The summed E-state index contributed by atoms with van der Waals surface area (Å²) in [6.07, 6.45) is 2.63. The standard InChI is InChI=1S/C14H14BrNO3/c15-12-4-2-1-3-9(12)7-10-8-11(19-14(10)18)5-6-13(16)17/h1-4,8,11H,5-7H2,(H2,16,17). The Morgan fingerprint density at radius 3 is 2.79 bits per heavy atom. The van der Waals surface area contributed by atoms with Gasteiger partial charge in [-0.15, -0.1) is 0 Å². The van der Waals surface area contributed by atoms with Gasteiger partial charge in [0.2, 0.25) is 5.91 Å². The molecule has 2 rings (SSSR count). The van der Waals surface area contributed by atoms with Gasteiger partial charge in [0, 0.05) is 22.9 Å². The lowest BCUT2D eigenvalue weighted by molar-refractivity contribution is -0.140. The maximum atomic E-state index is 11.7. The van der Waals surface area contributed by atoms with Crippen molar-refractivity contribution in [2.75, 3.05) is 0 Å². The minimum Gasteiger partial charge on any atom is -0.455 e. The average molecular weight is 324 g/mol. The third-order valence-corrected chi connectivity index (χ3v) is 3.70. The first-order chi connectivity index (χ1) is 9.06. The molecule has 0 bridgehead atoms. The van der Waals surface area contributed by atoms with E-state index in [-0.39, 0.29) is 24.4 Å². The van der Waals surface area contributed by atoms with Crippen molar-refractivity contribution in [2.24, 2.45) is 5.73 Å². The van der Waals surface area contributed by atoms with Crippen LogP contribution in [0.15, 0.2) is 40.4 Å². The molecule has 1 aliphatic rings. The molecule has 0 aliphatic carbocycles. The second kappa shape index (κ2) is 6.02. The summed E-state index contributed by atoms with van der Waals surface area (Å²) in [5.41, 5.74) is 6.73. The molecule has 100 valence electrons. The number of esters is 1. The highest BCUT2D eigenvalue weighted by Crippen LogP contribution is 2.24. The van der Waals surface area contributed by atoms with E-state index in [1.165, 1.54) is 0 Å². The zero-order chi connectivity index (χ0) is 13.8. The van der Waals surface area contributed by atoms with Gasteiger partial charge in [-0.3, -0.25) is 4.79 Å². The van der Waals surface area contributed by atoms with Gasteiger partial charge in [-0.25, -0.2) is 4.79 Å². The summed E-state index contributed by atoms with van der Waals surface area (Å²) in [6, 6.07) is 7.73. The first kappa shape index (κ1) is 13.8. The molecule has 1 aromatic carbocycles. The molecule has 5 heteroatoms. The Morgan fingerprint density at radius 1 is 1.37 bits per heavy atom. The van der Waals surface area contributed by atoms with Crippen LogP contribution < -0.4 is 5.73 Å². The highest BCUT2D eigenvalue weighted by molar-refractivity contribution is 9.10. The molecule has 0 radical (unpaired) electrons. The summed E-state index contributed by atoms with van der Waals surface area (Å²) < 4.78 is 6.14. The molecule has 0 fully saturated rings. The quantitative estimate of drug-likeness (QED) is 0.844. The van der Waals surface area contributed by atoms with Gasteiger partial charge >= 0.3 is 5.97 Å². The Kier molecular flexibility index (Phi) is 4.37. The van der Waals surface area contributed by atoms with Crippen molar-refractivity contribution in [3.63, 3.8) is 0 Å². The predicted octanol–water partition coefficient (Wildman–Crippen LogP) is 2.11. The molecule has 2 N–H and O–H groups in total. The fourth-order valence-electron chi connectivity index (χ4n) is 1.94. The highest BCUT2D eigenvalue weighted by Gasteiger charge is 2.25. The molecule has 1 amide bonds. The van der Waals surface area contributed by atoms with Crippen LogP contribution in [0.1, 0.15) is 18.4 Å². The smallest absolute Gasteiger partial charge is 0.334 e. The number of primary amides is 1. The number of amides is 1. The fourth-order valence-corrected chi connectivity index (χ4v) is 2.37. The van der Waals surface area contributed by atoms with Crippen molar-refractivity contribution in [3.8, 4) is 0 Å². The monoisotopic (exact) mass is 323 g/mol. The molecule has 1 aliphatic heterocycles. The van der Waals surface area contributed by atoms with Crippen LogP contribution in [0.2, 0.25) is 0 Å². The average Bonchev–Trinajstić information content (AvgIpc) is 2.71. The second-order valence-electron chi connectivity index (χ2n) is 4.41. The first-order valence-corrected chi connectivity index (χ1v) is 6.79. The Bertz CT molecular complexity index is 539. The highest BCUT2D eigenvalue weighted by atomic mass is 79.9. The van der Waals surface area contributed by atoms with Crippen molar-refractivity contribution in [1.29, 1.82) is 0 Å². The normalized spacial score (nSPS) is 18.1. The molecule has 0 saturated carbocycles. The van der Waals surface area contributed by atoms with Gasteiger partial charge in [0.05, 0.1) is 0 Å². The predicted molar refractivity (Wildman–Crippen MR) is 74.2 cm³/mol. The van der Waals surface area contributed by atoms with E-state index in [9.17, 15) is 9.59 Å². The zero-order valence-electron chi connectivity index (χ0n) is 10.3. The number of hydrogen-bond donors (Lipinski definition) is 1. The summed E-state index contributed by atoms with van der Waals surface area (Å²) >= 11 is 3.45. The first-order valence-electron chi connectivity index (χ1n) is 5.99. The molecule has 0 spiro atoms. The van der Waals surface area contributed by atoms with Gasteiger partial charge in [-0.2, -0.15) is 0 Å². The van der Waals surface area contributed by atoms with Gasteiger partial charge in [-0.1, -0.05) is 34.1 Å². The third kappa shape index (κ3) is 3.67. The Labute approximate surface area is 119 Å². The molecule has 0 saturated heterocycles. The zero-order valence-corrected chi connectivity index (χ0v) is 11.9. The lowest BCUT2D eigenvalue weighted by atomic mass is 10.0. The van der Waals surface area contributed by atoms with E-state index in [0.717, 1.165) is 10.0 Å². The van der Waals surface area contributed by atoms with Crippen LogP contribution in [0, 0.1) is 0 Å². The number of ether oxygens (including phenoxy) is 1. The van der Waals surface area contributed by atoms with E-state index in [4.69, 9.17) is 10.5 Å². The van der Waals surface area contributed by atoms with Crippen molar-refractivity contribution in [2.45, 2.75) is 25.4 Å². The lowest BCUT2D eigenvalue weighted by Gasteiger charge is -2.05. The Balaban J connectivity index is 2.04. The van der Waals surface area contributed by atoms with Gasteiger partial charge in [-0.05, 0) is 24.1 Å². The number of halogens is 1. The van der Waals surface area contributed by atoms with Crippen molar-refractivity contribution >= 4 is 27.8 Å². The van der Waals surface area contributed by atoms with E-state index < -0.39 is 0 Å². The number of cyclic esters (lactones) is 1. The number of rotatable bonds is 5. The van der Waals surface area contributed by atoms with Gasteiger partial charge in [0.15, 0.2) is 0 Å². The van der Waals surface area contributed by atoms with Crippen LogP contribution in [-0.4, -0.2) is 18.0 Å². The summed E-state index contributed by atoms with van der Waals surface area (Å²) in [6.45, 7) is 0. The number of carbonyl (C=O) groups excluding carboxylic acids is 2. The topological polar surface area (TPSA) is 69.4 Å². The van der Waals surface area contributed by atoms with Crippen molar-refractivity contribution < 1.29 is 14.3 Å². The van der Waals surface area contributed by atoms with Crippen LogP contribution in [0.4, 0.5) is 0 Å². The molecule has 1 heterocycles. The number of benzene rings is 1. The maximum absolute atomic E-state index is 11.7. The number of carbonyl (C=O) groups is 2. The number of hydrogen-bond acceptors (Lipinski definition) is 3. The summed E-state index contributed by atoms with van der Waals surface area (Å²) in [5, 5.41) is 0. The molecule has 1 unspecified atom stereocenters. The van der Waals surface area contributed by atoms with Crippen molar-refractivity contribution in [1.82, 2.24) is 0 Å². The van der Waals surface area contributed by atoms with E-state index in [1.807, 2.05) is 24.3 Å². The maximum Gasteiger partial charge on any atom is 0.334 e. The van der Waals surface area contributed by atoms with E-state index in [1.54, 1.807) is 6.08 Å². The molecule has 1 atom stereocenters. The van der Waals surface area contributed by atoms with Crippen molar-refractivity contribution in [3.05, 3.63) is 46.0 Å². The largest absolute Gasteiger partial charge is 0.455 e. The van der Waals surface area contributed by atoms with Gasteiger partial charge < -0.3 is 10.5 Å². The summed E-state index contributed by atoms with van der Waals surface area (Å²) in [4.78, 5) is 22.4. The van der Waals surface area contributed by atoms with E-state index >= 15 is 0 Å². The molecule has 1 aromatic rings. The lowest BCUT2D eigenvalue weighted by Crippen LogP contribution is -2.15. The second-order valence-corrected chi connectivity index (χ2v) is 5.26. The van der Waals surface area contributed by atoms with Gasteiger partial charge in [0.25, 0.3) is 0 Å². The molecule has 0 aromatic heterocycles. The Hall–Kier alpha value is -1.62. The number of nitrogens with two attached hydrogens (primary N) is 1. The summed E-state index contributed by atoms with van der Waals surface area (Å²) in [5.74, 6) is -0.700. The van der Waals surface area contributed by atoms with Crippen LogP contribution in [0.5, 0.6) is 0 Å². The van der Waals surface area contributed by atoms with Gasteiger partial charge in [0.1, 0.15) is 6.10 Å². The SMILES string of the molecule is NC(=O)CCC1C=C(Cc2ccccc2Br)C(=O)O1. The van der Waals surface area contributed by atoms with Crippen LogP contribution in [0.25, 0.3) is 0 Å². The molecule has 4 nitrogen and oxygen atoms in total. The minimum absolute atomic E-state index is 0.219. The fraction of sp³-hybridized carbons (Fsp3) is 0.286. The minimum atomic E-state index is -0.385. The van der Waals surface area contributed by atoms with Crippen LogP contribution in [-0.2, 0) is 20.7 Å². The Morgan fingerprint density at radius 2 is 2.11 bits per heavy atom. The molecular formula is C14H14BrNO3. The third-order valence-electron chi connectivity index (χ3n) is 2.92. The van der Waals surface area contributed by atoms with Crippen LogP contribution in [0.3, 0.4) is 0 Å². The summed E-state index contributed by atoms with van der Waals surface area (Å²) in [7, 11) is 0. The van der Waals surface area contributed by atoms with E-state index in [0.29, 0.717) is 18.4 Å². The molecule has 19 heavy (non-hydrogen) atoms. The van der Waals surface area contributed by atoms with E-state index in [2.05, 4.69) is 15.9 Å².